The Labute approximate surface area is 104 Å². The number of rotatable bonds is 4. The molecule has 0 amide bonds. The zero-order valence-corrected chi connectivity index (χ0v) is 11.0. The number of hydrogen-bond acceptors (Lipinski definition) is 1. The van der Waals surface area contributed by atoms with Crippen LogP contribution in [0.15, 0.2) is 18.2 Å². The normalized spacial score (nSPS) is 12.9. The second kappa shape index (κ2) is 5.93. The van der Waals surface area contributed by atoms with Crippen LogP contribution in [0.1, 0.15) is 37.9 Å². The van der Waals surface area contributed by atoms with E-state index in [9.17, 15) is 5.11 Å². The molecule has 78 valence electrons. The third-order valence-corrected chi connectivity index (χ3v) is 3.37. The van der Waals surface area contributed by atoms with Crippen molar-refractivity contribution >= 4 is 34.2 Å². The zero-order chi connectivity index (χ0) is 10.6. The minimum Gasteiger partial charge on any atom is -0.388 e. The molecular weight excluding hydrogens is 310 g/mol. The van der Waals surface area contributed by atoms with Crippen LogP contribution in [-0.4, -0.2) is 5.11 Å². The number of unbranched alkanes of at least 4 members (excludes halogenated alkanes) is 1. The van der Waals surface area contributed by atoms with Gasteiger partial charge in [-0.25, -0.2) is 0 Å². The fourth-order valence-corrected chi connectivity index (χ4v) is 2.20. The molecule has 1 atom stereocenters. The summed E-state index contributed by atoms with van der Waals surface area (Å²) in [7, 11) is 0. The Hall–Kier alpha value is 0.200. The minimum atomic E-state index is -0.374. The van der Waals surface area contributed by atoms with E-state index >= 15 is 0 Å². The maximum absolute atomic E-state index is 9.89. The van der Waals surface area contributed by atoms with Crippen molar-refractivity contribution in [3.63, 3.8) is 0 Å². The van der Waals surface area contributed by atoms with Crippen molar-refractivity contribution in [2.45, 2.75) is 32.3 Å². The van der Waals surface area contributed by atoms with Crippen LogP contribution in [0.25, 0.3) is 0 Å². The van der Waals surface area contributed by atoms with Crippen LogP contribution in [0.5, 0.6) is 0 Å². The number of aliphatic hydroxyl groups is 1. The highest BCUT2D eigenvalue weighted by Crippen LogP contribution is 2.26. The van der Waals surface area contributed by atoms with E-state index in [0.29, 0.717) is 5.02 Å². The number of benzene rings is 1. The van der Waals surface area contributed by atoms with Gasteiger partial charge in [-0.1, -0.05) is 31.4 Å². The maximum atomic E-state index is 9.89. The fraction of sp³-hybridized carbons (Fsp3) is 0.455. The van der Waals surface area contributed by atoms with E-state index in [1.807, 2.05) is 18.2 Å². The summed E-state index contributed by atoms with van der Waals surface area (Å²) in [5.41, 5.74) is 0.951. The van der Waals surface area contributed by atoms with Crippen molar-refractivity contribution in [3.05, 3.63) is 32.4 Å². The lowest BCUT2D eigenvalue weighted by Gasteiger charge is -2.12. The Morgan fingerprint density at radius 2 is 2.21 bits per heavy atom. The third-order valence-electron chi connectivity index (χ3n) is 2.15. The molecule has 3 heteroatoms. The Morgan fingerprint density at radius 3 is 2.86 bits per heavy atom. The molecule has 1 nitrogen and oxygen atoms in total. The first-order chi connectivity index (χ1) is 6.65. The second-order valence-electron chi connectivity index (χ2n) is 3.32. The Balaban J connectivity index is 2.77. The molecular formula is C11H14ClIO. The highest BCUT2D eigenvalue weighted by molar-refractivity contribution is 14.1. The van der Waals surface area contributed by atoms with Gasteiger partial charge in [0, 0.05) is 8.59 Å². The first kappa shape index (κ1) is 12.3. The van der Waals surface area contributed by atoms with Crippen LogP contribution < -0.4 is 0 Å². The predicted molar refractivity (Wildman–Crippen MR) is 68.7 cm³/mol. The van der Waals surface area contributed by atoms with E-state index in [4.69, 9.17) is 11.6 Å². The molecule has 0 fully saturated rings. The van der Waals surface area contributed by atoms with Crippen molar-refractivity contribution in [2.75, 3.05) is 0 Å². The van der Waals surface area contributed by atoms with Gasteiger partial charge in [0.2, 0.25) is 0 Å². The van der Waals surface area contributed by atoms with Crippen molar-refractivity contribution in [3.8, 4) is 0 Å². The van der Waals surface area contributed by atoms with Gasteiger partial charge in [0.25, 0.3) is 0 Å². The number of halogens is 2. The predicted octanol–water partition coefficient (Wildman–Crippen LogP) is 4.17. The summed E-state index contributed by atoms with van der Waals surface area (Å²) in [4.78, 5) is 0. The topological polar surface area (TPSA) is 20.2 Å². The van der Waals surface area contributed by atoms with Crippen LogP contribution in [0.4, 0.5) is 0 Å². The van der Waals surface area contributed by atoms with Crippen LogP contribution in [0, 0.1) is 3.57 Å². The SMILES string of the molecule is CCCCC(O)c1cc(Cl)ccc1I. The first-order valence-corrected chi connectivity index (χ1v) is 6.23. The molecule has 1 aromatic carbocycles. The first-order valence-electron chi connectivity index (χ1n) is 4.78. The quantitative estimate of drug-likeness (QED) is 0.824. The standard InChI is InChI=1S/C11H14ClIO/c1-2-3-4-11(14)9-7-8(12)5-6-10(9)13/h5-7,11,14H,2-4H2,1H3. The smallest absolute Gasteiger partial charge is 0.0800 e. The summed E-state index contributed by atoms with van der Waals surface area (Å²) >= 11 is 8.11. The molecule has 0 aliphatic carbocycles. The van der Waals surface area contributed by atoms with E-state index in [2.05, 4.69) is 29.5 Å². The summed E-state index contributed by atoms with van der Waals surface area (Å²) in [6.07, 6.45) is 2.59. The average Bonchev–Trinajstić information content (AvgIpc) is 2.18. The lowest BCUT2D eigenvalue weighted by atomic mass is 10.0. The molecule has 14 heavy (non-hydrogen) atoms. The molecule has 1 unspecified atom stereocenters. The van der Waals surface area contributed by atoms with E-state index in [0.717, 1.165) is 28.4 Å². The summed E-state index contributed by atoms with van der Waals surface area (Å²) < 4.78 is 1.08. The molecule has 0 aliphatic heterocycles. The largest absolute Gasteiger partial charge is 0.388 e. The maximum Gasteiger partial charge on any atom is 0.0800 e. The highest BCUT2D eigenvalue weighted by atomic mass is 127. The Bertz CT molecular complexity index is 301. The van der Waals surface area contributed by atoms with E-state index in [1.165, 1.54) is 0 Å². The summed E-state index contributed by atoms with van der Waals surface area (Å²) in [6.45, 7) is 2.12. The van der Waals surface area contributed by atoms with Crippen LogP contribution in [0.2, 0.25) is 5.02 Å². The van der Waals surface area contributed by atoms with Crippen molar-refractivity contribution in [1.29, 1.82) is 0 Å². The van der Waals surface area contributed by atoms with Crippen molar-refractivity contribution in [1.82, 2.24) is 0 Å². The molecule has 1 rings (SSSR count). The average molecular weight is 325 g/mol. The van der Waals surface area contributed by atoms with E-state index < -0.39 is 0 Å². The molecule has 1 aromatic rings. The van der Waals surface area contributed by atoms with E-state index in [-0.39, 0.29) is 6.10 Å². The van der Waals surface area contributed by atoms with Gasteiger partial charge < -0.3 is 5.11 Å². The molecule has 0 aliphatic rings. The number of hydrogen-bond donors (Lipinski definition) is 1. The van der Waals surface area contributed by atoms with Crippen LogP contribution in [-0.2, 0) is 0 Å². The lowest BCUT2D eigenvalue weighted by molar-refractivity contribution is 0.163. The van der Waals surface area contributed by atoms with Crippen LogP contribution >= 0.6 is 34.2 Å². The minimum absolute atomic E-state index is 0.374. The van der Waals surface area contributed by atoms with Gasteiger partial charge in [-0.15, -0.1) is 0 Å². The molecule has 0 radical (unpaired) electrons. The van der Waals surface area contributed by atoms with Crippen molar-refractivity contribution < 1.29 is 5.11 Å². The Morgan fingerprint density at radius 1 is 1.50 bits per heavy atom. The molecule has 1 N–H and O–H groups in total. The van der Waals surface area contributed by atoms with Gasteiger partial charge in [0.05, 0.1) is 6.10 Å². The van der Waals surface area contributed by atoms with Gasteiger partial charge in [0.1, 0.15) is 0 Å². The molecule has 0 heterocycles. The van der Waals surface area contributed by atoms with Gasteiger partial charge in [-0.05, 0) is 52.8 Å². The summed E-state index contributed by atoms with van der Waals surface area (Å²) in [6, 6.07) is 5.64. The van der Waals surface area contributed by atoms with Gasteiger partial charge in [-0.2, -0.15) is 0 Å². The molecule has 0 saturated carbocycles. The fourth-order valence-electron chi connectivity index (χ4n) is 1.32. The monoisotopic (exact) mass is 324 g/mol. The third kappa shape index (κ3) is 3.41. The van der Waals surface area contributed by atoms with Gasteiger partial charge in [-0.3, -0.25) is 0 Å². The van der Waals surface area contributed by atoms with Crippen LogP contribution in [0.3, 0.4) is 0 Å². The highest BCUT2D eigenvalue weighted by Gasteiger charge is 2.10. The van der Waals surface area contributed by atoms with Gasteiger partial charge >= 0.3 is 0 Å². The Kier molecular flexibility index (Phi) is 5.20. The molecule has 0 bridgehead atoms. The van der Waals surface area contributed by atoms with Crippen molar-refractivity contribution in [2.24, 2.45) is 0 Å². The summed E-state index contributed by atoms with van der Waals surface area (Å²) in [5.74, 6) is 0. The molecule has 0 aromatic heterocycles. The number of aliphatic hydroxyl groups excluding tert-OH is 1. The van der Waals surface area contributed by atoms with E-state index in [1.54, 1.807) is 0 Å². The lowest BCUT2D eigenvalue weighted by Crippen LogP contribution is -1.99. The summed E-state index contributed by atoms with van der Waals surface area (Å²) in [5, 5.41) is 10.6. The van der Waals surface area contributed by atoms with Gasteiger partial charge in [0.15, 0.2) is 0 Å². The second-order valence-corrected chi connectivity index (χ2v) is 4.92. The molecule has 0 spiro atoms. The molecule has 0 saturated heterocycles. The zero-order valence-electron chi connectivity index (χ0n) is 8.13.